The standard InChI is InChI=1S/C23H19BrClNO3.C6H9F2N/c1-28-21-20-18(13-19(25)26-21)29-23(15-7-9-16(24)10-8-15)17(11-12-22(20,23)27)14-5-3-2-4-6-14;1-9-3-2-5(9)4-6(5,7)8/h2-10,13,17,27H,11-12H2,1H3;2-4H2,1H3. The van der Waals surface area contributed by atoms with E-state index in [0.717, 1.165) is 28.6 Å². The number of hydrogen-bond acceptors (Lipinski definition) is 5. The molecular formula is C29H28BrClF2N2O3. The summed E-state index contributed by atoms with van der Waals surface area (Å²) in [5.74, 6) is -1.58. The van der Waals surface area contributed by atoms with Crippen LogP contribution in [0.2, 0.25) is 5.15 Å². The highest BCUT2D eigenvalue weighted by Crippen LogP contribution is 2.68. The fourth-order valence-electron chi connectivity index (χ4n) is 6.65. The van der Waals surface area contributed by atoms with Gasteiger partial charge in [-0.1, -0.05) is 70.0 Å². The van der Waals surface area contributed by atoms with Crippen LogP contribution in [0.15, 0.2) is 65.1 Å². The molecule has 1 N–H and O–H groups in total. The first kappa shape index (κ1) is 26.0. The van der Waals surface area contributed by atoms with E-state index in [1.807, 2.05) is 42.5 Å². The molecule has 4 aliphatic rings. The van der Waals surface area contributed by atoms with Crippen LogP contribution in [0.1, 0.15) is 48.3 Å². The van der Waals surface area contributed by atoms with Crippen LogP contribution >= 0.6 is 27.5 Å². The van der Waals surface area contributed by atoms with Crippen molar-refractivity contribution in [2.45, 2.75) is 54.3 Å². The van der Waals surface area contributed by atoms with Crippen LogP contribution < -0.4 is 9.47 Å². The molecule has 4 atom stereocenters. The Morgan fingerprint density at radius 1 is 1.13 bits per heavy atom. The molecule has 2 saturated carbocycles. The van der Waals surface area contributed by atoms with Gasteiger partial charge < -0.3 is 14.6 Å². The molecule has 3 fully saturated rings. The minimum absolute atomic E-state index is 0.0502. The molecule has 200 valence electrons. The summed E-state index contributed by atoms with van der Waals surface area (Å²) in [4.78, 5) is 6.06. The first-order chi connectivity index (χ1) is 18.1. The Morgan fingerprint density at radius 3 is 2.34 bits per heavy atom. The lowest BCUT2D eigenvalue weighted by molar-refractivity contribution is -0.106. The number of hydrogen-bond donors (Lipinski definition) is 1. The van der Waals surface area contributed by atoms with Gasteiger partial charge in [-0.3, -0.25) is 4.90 Å². The van der Waals surface area contributed by atoms with Crippen molar-refractivity contribution in [2.75, 3.05) is 20.7 Å². The molecule has 3 aromatic rings. The van der Waals surface area contributed by atoms with Crippen LogP contribution in [-0.2, 0) is 11.2 Å². The monoisotopic (exact) mass is 604 g/mol. The van der Waals surface area contributed by atoms with Crippen LogP contribution in [0.3, 0.4) is 0 Å². The molecule has 1 spiro atoms. The van der Waals surface area contributed by atoms with Gasteiger partial charge >= 0.3 is 0 Å². The summed E-state index contributed by atoms with van der Waals surface area (Å²) in [5.41, 5.74) is -0.365. The zero-order valence-electron chi connectivity index (χ0n) is 21.1. The summed E-state index contributed by atoms with van der Waals surface area (Å²) in [6, 6.07) is 19.8. The van der Waals surface area contributed by atoms with Gasteiger partial charge in [0.1, 0.15) is 16.5 Å². The second kappa shape index (κ2) is 8.88. The number of rotatable bonds is 3. The Balaban J connectivity index is 0.000000246. The van der Waals surface area contributed by atoms with Gasteiger partial charge in [-0.2, -0.15) is 0 Å². The van der Waals surface area contributed by atoms with E-state index in [1.165, 1.54) is 7.11 Å². The summed E-state index contributed by atoms with van der Waals surface area (Å²) in [7, 11) is 3.30. The summed E-state index contributed by atoms with van der Waals surface area (Å²) in [6.07, 6.45) is 2.07. The molecule has 2 aliphatic carbocycles. The number of fused-ring (bicyclic) bond motifs is 3. The van der Waals surface area contributed by atoms with Crippen LogP contribution in [0.4, 0.5) is 8.78 Å². The third kappa shape index (κ3) is 3.56. The number of benzene rings is 2. The van der Waals surface area contributed by atoms with Crippen LogP contribution in [0.25, 0.3) is 0 Å². The molecule has 4 unspecified atom stereocenters. The maximum atomic E-state index is 12.4. The first-order valence-corrected chi connectivity index (χ1v) is 13.8. The third-order valence-corrected chi connectivity index (χ3v) is 9.56. The van der Waals surface area contributed by atoms with E-state index in [2.05, 4.69) is 33.0 Å². The number of alkyl halides is 2. The molecule has 2 aromatic carbocycles. The Bertz CT molecular complexity index is 1380. The third-order valence-electron chi connectivity index (χ3n) is 8.83. The number of aliphatic hydroxyl groups is 1. The van der Waals surface area contributed by atoms with Gasteiger partial charge in [-0.05, 0) is 49.6 Å². The number of halogens is 4. The van der Waals surface area contributed by atoms with Gasteiger partial charge in [-0.25, -0.2) is 13.8 Å². The highest BCUT2D eigenvalue weighted by molar-refractivity contribution is 9.10. The van der Waals surface area contributed by atoms with Crippen LogP contribution in [0, 0.1) is 0 Å². The number of pyridine rings is 1. The second-order valence-corrected chi connectivity index (χ2v) is 11.9. The van der Waals surface area contributed by atoms with Gasteiger partial charge in [0.15, 0.2) is 5.60 Å². The SMILES string of the molecule is CN1CCC12CC2(F)F.COc1nc(Cl)cc2c1C1(O)CCC(c3ccccc3)C1(c1ccc(Br)cc1)O2. The summed E-state index contributed by atoms with van der Waals surface area (Å²) < 4.78 is 38.0. The Labute approximate surface area is 233 Å². The lowest BCUT2D eigenvalue weighted by Gasteiger charge is -2.40. The molecule has 0 amide bonds. The van der Waals surface area contributed by atoms with Crippen LogP contribution in [-0.4, -0.2) is 47.2 Å². The smallest absolute Gasteiger partial charge is 0.268 e. The normalized spacial score (nSPS) is 31.9. The van der Waals surface area contributed by atoms with E-state index in [9.17, 15) is 13.9 Å². The number of methoxy groups -OCH3 is 1. The predicted octanol–water partition coefficient (Wildman–Crippen LogP) is 6.66. The summed E-state index contributed by atoms with van der Waals surface area (Å²) >= 11 is 9.72. The highest BCUT2D eigenvalue weighted by Gasteiger charge is 2.76. The molecule has 3 heterocycles. The summed E-state index contributed by atoms with van der Waals surface area (Å²) in [5, 5.41) is 12.5. The maximum Gasteiger partial charge on any atom is 0.268 e. The summed E-state index contributed by atoms with van der Waals surface area (Å²) in [6.45, 7) is 0.843. The Morgan fingerprint density at radius 2 is 1.82 bits per heavy atom. The molecule has 9 heteroatoms. The molecule has 1 saturated heterocycles. The topological polar surface area (TPSA) is 54.8 Å². The number of ether oxygens (including phenoxy) is 2. The van der Waals surface area contributed by atoms with Crippen molar-refractivity contribution in [2.24, 2.45) is 0 Å². The molecule has 38 heavy (non-hydrogen) atoms. The quantitative estimate of drug-likeness (QED) is 0.339. The van der Waals surface area contributed by atoms with Gasteiger partial charge in [0, 0.05) is 29.4 Å². The van der Waals surface area contributed by atoms with E-state index in [4.69, 9.17) is 21.1 Å². The fraction of sp³-hybridized carbons (Fsp3) is 0.414. The number of aromatic nitrogens is 1. The largest absolute Gasteiger partial charge is 0.481 e. The molecule has 2 aliphatic heterocycles. The van der Waals surface area contributed by atoms with E-state index in [0.29, 0.717) is 30.0 Å². The van der Waals surface area contributed by atoms with Crippen molar-refractivity contribution < 1.29 is 23.4 Å². The average molecular weight is 606 g/mol. The maximum absolute atomic E-state index is 12.4. The Kier molecular flexibility index (Phi) is 6.07. The van der Waals surface area contributed by atoms with E-state index in [1.54, 1.807) is 18.0 Å². The minimum atomic E-state index is -2.36. The second-order valence-electron chi connectivity index (χ2n) is 10.6. The molecule has 0 bridgehead atoms. The molecule has 1 aromatic heterocycles. The molecule has 7 rings (SSSR count). The predicted molar refractivity (Wildman–Crippen MR) is 144 cm³/mol. The van der Waals surface area contributed by atoms with Gasteiger partial charge in [0.25, 0.3) is 5.92 Å². The lowest BCUT2D eigenvalue weighted by atomic mass is 9.72. The van der Waals surface area contributed by atoms with E-state index < -0.39 is 22.7 Å². The van der Waals surface area contributed by atoms with Crippen molar-refractivity contribution in [3.63, 3.8) is 0 Å². The van der Waals surface area contributed by atoms with Crippen molar-refractivity contribution in [1.29, 1.82) is 0 Å². The van der Waals surface area contributed by atoms with Gasteiger partial charge in [-0.15, -0.1) is 0 Å². The van der Waals surface area contributed by atoms with Gasteiger partial charge in [0.05, 0.1) is 18.2 Å². The fourth-order valence-corrected chi connectivity index (χ4v) is 7.09. The van der Waals surface area contributed by atoms with Crippen molar-refractivity contribution in [3.05, 3.63) is 87.0 Å². The first-order valence-electron chi connectivity index (χ1n) is 12.6. The Hall–Kier alpha value is -2.26. The van der Waals surface area contributed by atoms with Gasteiger partial charge in [0.2, 0.25) is 5.88 Å². The molecule has 0 radical (unpaired) electrons. The van der Waals surface area contributed by atoms with E-state index in [-0.39, 0.29) is 17.5 Å². The van der Waals surface area contributed by atoms with Crippen molar-refractivity contribution in [1.82, 2.24) is 9.88 Å². The minimum Gasteiger partial charge on any atom is -0.481 e. The zero-order chi connectivity index (χ0) is 26.9. The molecule has 5 nitrogen and oxygen atoms in total. The lowest BCUT2D eigenvalue weighted by Crippen LogP contribution is -2.50. The van der Waals surface area contributed by atoms with E-state index >= 15 is 0 Å². The zero-order valence-corrected chi connectivity index (χ0v) is 23.4. The van der Waals surface area contributed by atoms with Crippen LogP contribution in [0.5, 0.6) is 11.6 Å². The molecular weight excluding hydrogens is 578 g/mol. The highest BCUT2D eigenvalue weighted by atomic mass is 79.9. The van der Waals surface area contributed by atoms with Crippen molar-refractivity contribution in [3.8, 4) is 11.6 Å². The van der Waals surface area contributed by atoms with Crippen molar-refractivity contribution >= 4 is 27.5 Å². The number of likely N-dealkylation sites (tertiary alicyclic amines) is 1. The average Bonchev–Trinajstić information content (AvgIpc) is 3.28. The number of nitrogens with zero attached hydrogens (tertiary/aromatic N) is 2.